The zero-order valence-electron chi connectivity index (χ0n) is 14.3. The summed E-state index contributed by atoms with van der Waals surface area (Å²) in [6.07, 6.45) is 0. The second-order valence-electron chi connectivity index (χ2n) is 6.89. The van der Waals surface area contributed by atoms with Crippen molar-refractivity contribution in [2.45, 2.75) is 42.5 Å². The van der Waals surface area contributed by atoms with Gasteiger partial charge in [-0.05, 0) is 45.0 Å². The van der Waals surface area contributed by atoms with Crippen LogP contribution in [0.3, 0.4) is 0 Å². The van der Waals surface area contributed by atoms with Gasteiger partial charge in [-0.1, -0.05) is 0 Å². The third-order valence-electron chi connectivity index (χ3n) is 4.78. The molecular formula is C17H18N2O6S. The molecule has 0 aliphatic carbocycles. The van der Waals surface area contributed by atoms with Crippen LogP contribution in [0, 0.1) is 0 Å². The van der Waals surface area contributed by atoms with Crippen molar-refractivity contribution >= 4 is 35.3 Å². The topological polar surface area (TPSA) is 124 Å². The largest absolute Gasteiger partial charge is 0.508 e. The first-order chi connectivity index (χ1) is 12.0. The van der Waals surface area contributed by atoms with Crippen LogP contribution < -0.4 is 5.32 Å². The molecule has 2 heterocycles. The molecule has 3 atom stereocenters. The van der Waals surface area contributed by atoms with Crippen LogP contribution in [0.15, 0.2) is 24.3 Å². The van der Waals surface area contributed by atoms with E-state index in [0.29, 0.717) is 0 Å². The number of aliphatic carboxylic acids is 1. The molecule has 1 aromatic rings. The lowest BCUT2D eigenvalue weighted by atomic mass is 9.81. The number of carboxylic acid groups (broad SMARTS) is 1. The Hall–Kier alpha value is -2.55. The van der Waals surface area contributed by atoms with E-state index < -0.39 is 45.3 Å². The molecule has 0 saturated carbocycles. The SMILES string of the molecule is CC(=O)[C@]1(NC(=O)c2ccc(O)cc2)C(=O)N2[C@@H](C(=O)O)C(C)(C)S[C@@H]21. The Balaban J connectivity index is 1.94. The molecule has 0 unspecified atom stereocenters. The van der Waals surface area contributed by atoms with Gasteiger partial charge in [0.1, 0.15) is 17.2 Å². The average molecular weight is 378 g/mol. The number of amides is 2. The van der Waals surface area contributed by atoms with E-state index in [0.717, 1.165) is 4.90 Å². The number of carboxylic acids is 1. The molecule has 2 aliphatic heterocycles. The number of rotatable bonds is 4. The summed E-state index contributed by atoms with van der Waals surface area (Å²) in [7, 11) is 0. The van der Waals surface area contributed by atoms with Crippen molar-refractivity contribution in [3.63, 3.8) is 0 Å². The Labute approximate surface area is 153 Å². The number of aromatic hydroxyl groups is 1. The number of phenols is 1. The van der Waals surface area contributed by atoms with Crippen LogP contribution in [0.1, 0.15) is 31.1 Å². The summed E-state index contributed by atoms with van der Waals surface area (Å²) in [5.41, 5.74) is -1.62. The van der Waals surface area contributed by atoms with E-state index in [-0.39, 0.29) is 11.3 Å². The number of β-lactam (4-membered cyclic amide) rings is 1. The maximum Gasteiger partial charge on any atom is 0.327 e. The molecule has 0 spiro atoms. The van der Waals surface area contributed by atoms with Gasteiger partial charge in [0.15, 0.2) is 5.78 Å². The molecule has 2 amide bonds. The van der Waals surface area contributed by atoms with E-state index in [1.54, 1.807) is 13.8 Å². The van der Waals surface area contributed by atoms with E-state index in [2.05, 4.69) is 5.32 Å². The highest BCUT2D eigenvalue weighted by molar-refractivity contribution is 8.01. The molecule has 2 saturated heterocycles. The molecule has 9 heteroatoms. The van der Waals surface area contributed by atoms with Gasteiger partial charge in [0.2, 0.25) is 5.54 Å². The Kier molecular flexibility index (Phi) is 4.02. The average Bonchev–Trinajstić information content (AvgIpc) is 2.81. The molecule has 26 heavy (non-hydrogen) atoms. The molecule has 3 N–H and O–H groups in total. The van der Waals surface area contributed by atoms with E-state index in [9.17, 15) is 29.4 Å². The van der Waals surface area contributed by atoms with Gasteiger partial charge in [-0.3, -0.25) is 14.4 Å². The van der Waals surface area contributed by atoms with E-state index >= 15 is 0 Å². The Morgan fingerprint density at radius 3 is 2.27 bits per heavy atom. The summed E-state index contributed by atoms with van der Waals surface area (Å²) >= 11 is 1.18. The monoisotopic (exact) mass is 378 g/mol. The molecule has 0 bridgehead atoms. The van der Waals surface area contributed by atoms with Crippen molar-refractivity contribution in [3.8, 4) is 5.75 Å². The minimum Gasteiger partial charge on any atom is -0.508 e. The van der Waals surface area contributed by atoms with E-state index in [1.165, 1.54) is 43.0 Å². The van der Waals surface area contributed by atoms with Gasteiger partial charge < -0.3 is 20.4 Å². The molecule has 2 aliphatic rings. The van der Waals surface area contributed by atoms with Crippen molar-refractivity contribution in [3.05, 3.63) is 29.8 Å². The van der Waals surface area contributed by atoms with Gasteiger partial charge in [0.05, 0.1) is 0 Å². The quantitative estimate of drug-likeness (QED) is 0.518. The highest BCUT2D eigenvalue weighted by atomic mass is 32.2. The zero-order valence-corrected chi connectivity index (χ0v) is 15.2. The predicted molar refractivity (Wildman–Crippen MR) is 92.7 cm³/mol. The third-order valence-corrected chi connectivity index (χ3v) is 6.41. The maximum absolute atomic E-state index is 12.8. The molecular weight excluding hydrogens is 360 g/mol. The van der Waals surface area contributed by atoms with Gasteiger partial charge in [-0.2, -0.15) is 0 Å². The molecule has 138 valence electrons. The summed E-state index contributed by atoms with van der Waals surface area (Å²) in [6.45, 7) is 4.58. The summed E-state index contributed by atoms with van der Waals surface area (Å²) < 4.78 is -0.813. The lowest BCUT2D eigenvalue weighted by Gasteiger charge is -2.51. The summed E-state index contributed by atoms with van der Waals surface area (Å²) in [6, 6.07) is 4.29. The fourth-order valence-corrected chi connectivity index (χ4v) is 5.20. The number of benzene rings is 1. The number of phenolic OH excluding ortho intramolecular Hbond substituents is 1. The number of ketones is 1. The second kappa shape index (κ2) is 5.73. The van der Waals surface area contributed by atoms with Crippen LogP contribution in [0.5, 0.6) is 5.75 Å². The molecule has 1 aromatic carbocycles. The van der Waals surface area contributed by atoms with E-state index in [1.807, 2.05) is 0 Å². The zero-order chi connectivity index (χ0) is 19.4. The van der Waals surface area contributed by atoms with Crippen molar-refractivity contribution in [1.82, 2.24) is 10.2 Å². The number of carbonyl (C=O) groups excluding carboxylic acids is 3. The van der Waals surface area contributed by atoms with Crippen molar-refractivity contribution in [2.24, 2.45) is 0 Å². The van der Waals surface area contributed by atoms with Gasteiger partial charge in [-0.15, -0.1) is 11.8 Å². The highest BCUT2D eigenvalue weighted by Gasteiger charge is 2.74. The van der Waals surface area contributed by atoms with Crippen molar-refractivity contribution in [1.29, 1.82) is 0 Å². The van der Waals surface area contributed by atoms with Gasteiger partial charge in [0.25, 0.3) is 11.8 Å². The Morgan fingerprint density at radius 2 is 1.77 bits per heavy atom. The Bertz CT molecular complexity index is 821. The van der Waals surface area contributed by atoms with Gasteiger partial charge >= 0.3 is 5.97 Å². The minimum atomic E-state index is -1.79. The Morgan fingerprint density at radius 1 is 1.19 bits per heavy atom. The molecule has 8 nitrogen and oxygen atoms in total. The van der Waals surface area contributed by atoms with Crippen LogP contribution in [-0.2, 0) is 14.4 Å². The minimum absolute atomic E-state index is 0.0221. The molecule has 0 aromatic heterocycles. The number of hydrogen-bond donors (Lipinski definition) is 3. The first kappa shape index (κ1) is 18.2. The normalized spacial score (nSPS) is 28.9. The highest BCUT2D eigenvalue weighted by Crippen LogP contribution is 2.55. The van der Waals surface area contributed by atoms with E-state index in [4.69, 9.17) is 0 Å². The standard InChI is InChI=1S/C17H18N2O6S/c1-8(20)17(18-12(22)9-4-6-10(21)7-5-9)14(25)19-11(13(23)24)16(2,3)26-15(17)19/h4-7,11,15,21H,1-3H3,(H,18,22)(H,23,24)/t11-,15+,17-/m0/s1. The predicted octanol–water partition coefficient (Wildman–Crippen LogP) is 0.597. The van der Waals surface area contributed by atoms with Crippen LogP contribution in [0.4, 0.5) is 0 Å². The van der Waals surface area contributed by atoms with Crippen LogP contribution >= 0.6 is 11.8 Å². The molecule has 3 rings (SSSR count). The van der Waals surface area contributed by atoms with Gasteiger partial charge in [0, 0.05) is 10.3 Å². The fourth-order valence-electron chi connectivity index (χ4n) is 3.45. The van der Waals surface area contributed by atoms with Crippen LogP contribution in [0.25, 0.3) is 0 Å². The number of thioether (sulfide) groups is 1. The second-order valence-corrected chi connectivity index (χ2v) is 8.63. The first-order valence-corrected chi connectivity index (χ1v) is 8.76. The lowest BCUT2D eigenvalue weighted by Crippen LogP contribution is -2.82. The molecule has 2 fully saturated rings. The first-order valence-electron chi connectivity index (χ1n) is 7.88. The smallest absolute Gasteiger partial charge is 0.327 e. The van der Waals surface area contributed by atoms with Crippen molar-refractivity contribution in [2.75, 3.05) is 0 Å². The lowest BCUT2D eigenvalue weighted by molar-refractivity contribution is -0.170. The maximum atomic E-state index is 12.8. The third kappa shape index (κ3) is 2.38. The number of hydrogen-bond acceptors (Lipinski definition) is 6. The van der Waals surface area contributed by atoms with Crippen LogP contribution in [-0.4, -0.2) is 60.4 Å². The fraction of sp³-hybridized carbons (Fsp3) is 0.412. The summed E-state index contributed by atoms with van der Waals surface area (Å²) in [4.78, 5) is 50.5. The number of nitrogens with zero attached hydrogens (tertiary/aromatic N) is 1. The summed E-state index contributed by atoms with van der Waals surface area (Å²) in [5.74, 6) is -3.09. The number of carbonyl (C=O) groups is 4. The number of Topliss-reactive ketones (excluding diaryl/α,β-unsaturated/α-hetero) is 1. The molecule has 0 radical (unpaired) electrons. The van der Waals surface area contributed by atoms with Crippen molar-refractivity contribution < 1.29 is 29.4 Å². The van der Waals surface area contributed by atoms with Crippen LogP contribution in [0.2, 0.25) is 0 Å². The number of nitrogens with one attached hydrogen (secondary N) is 1. The summed E-state index contributed by atoms with van der Waals surface area (Å²) in [5, 5.41) is 20.5. The van der Waals surface area contributed by atoms with Gasteiger partial charge in [-0.25, -0.2) is 4.79 Å². The number of fused-ring (bicyclic) bond motifs is 1.